The van der Waals surface area contributed by atoms with Crippen LogP contribution in [0, 0.1) is 0 Å². The molecular formula is C11H25N4NaO5. The van der Waals surface area contributed by atoms with Gasteiger partial charge < -0.3 is 34.6 Å². The fraction of sp³-hybridized carbons (Fsp3) is 0.727. The second-order valence-electron chi connectivity index (χ2n) is 4.18. The molecule has 1 amide bonds. The van der Waals surface area contributed by atoms with Crippen molar-refractivity contribution in [1.29, 1.82) is 0 Å². The van der Waals surface area contributed by atoms with Crippen LogP contribution in [0.25, 0.3) is 0 Å². The fourth-order valence-electron chi connectivity index (χ4n) is 1.05. The number of primary amides is 1. The number of amides is 1. The number of rotatable bonds is 9. The number of aliphatic carboxylic acids is 2. The Kier molecular flexibility index (Phi) is 18.9. The van der Waals surface area contributed by atoms with Crippen LogP contribution in [0.5, 0.6) is 0 Å². The Morgan fingerprint density at radius 2 is 1.38 bits per heavy atom. The molecule has 0 bridgehead atoms. The van der Waals surface area contributed by atoms with E-state index >= 15 is 0 Å². The van der Waals surface area contributed by atoms with E-state index < -0.39 is 29.9 Å². The van der Waals surface area contributed by atoms with E-state index in [1.165, 1.54) is 0 Å². The van der Waals surface area contributed by atoms with Gasteiger partial charge in [-0.05, 0) is 25.8 Å². The number of unbranched alkanes of at least 4 members (excludes halogenated alkanes) is 1. The monoisotopic (exact) mass is 316 g/mol. The van der Waals surface area contributed by atoms with Crippen LogP contribution in [0.2, 0.25) is 0 Å². The molecule has 0 spiro atoms. The van der Waals surface area contributed by atoms with Gasteiger partial charge in [0.2, 0.25) is 5.91 Å². The van der Waals surface area contributed by atoms with Crippen molar-refractivity contribution in [3.05, 3.63) is 0 Å². The Morgan fingerprint density at radius 1 is 0.952 bits per heavy atom. The van der Waals surface area contributed by atoms with Crippen LogP contribution in [-0.2, 0) is 14.4 Å². The smallest absolute Gasteiger partial charge is 1.00 e. The zero-order valence-corrected chi connectivity index (χ0v) is 14.3. The third kappa shape index (κ3) is 19.3. The molecule has 0 aromatic heterocycles. The number of hydrogen-bond acceptors (Lipinski definition) is 6. The maximum absolute atomic E-state index is 10.1. The first-order valence-corrected chi connectivity index (χ1v) is 6.17. The van der Waals surface area contributed by atoms with Gasteiger partial charge in [-0.25, -0.2) is 0 Å². The molecule has 0 aliphatic carbocycles. The summed E-state index contributed by atoms with van der Waals surface area (Å²) in [6.45, 7) is 0.604. The van der Waals surface area contributed by atoms with Crippen molar-refractivity contribution in [2.45, 2.75) is 44.2 Å². The van der Waals surface area contributed by atoms with Crippen LogP contribution in [0.4, 0.5) is 0 Å². The van der Waals surface area contributed by atoms with Gasteiger partial charge in [0.05, 0.1) is 0 Å². The molecule has 10 heteroatoms. The number of carboxylic acids is 2. The third-order valence-corrected chi connectivity index (χ3v) is 2.31. The second-order valence-corrected chi connectivity index (χ2v) is 4.18. The molecule has 9 nitrogen and oxygen atoms in total. The van der Waals surface area contributed by atoms with Gasteiger partial charge in [0.15, 0.2) is 0 Å². The van der Waals surface area contributed by atoms with Crippen LogP contribution >= 0.6 is 0 Å². The molecule has 0 aromatic rings. The van der Waals surface area contributed by atoms with Gasteiger partial charge in [0.25, 0.3) is 0 Å². The van der Waals surface area contributed by atoms with Crippen LogP contribution < -0.4 is 52.5 Å². The SMILES string of the molecule is NC(=O)CCC(N)C(=O)O.NCCCCC(N)C(=O)O.[H-].[Na+]. The number of hydrogen-bond donors (Lipinski definition) is 6. The minimum Gasteiger partial charge on any atom is -1.00 e. The summed E-state index contributed by atoms with van der Waals surface area (Å²) in [6, 6.07) is -1.70. The van der Waals surface area contributed by atoms with E-state index in [1.807, 2.05) is 0 Å². The quantitative estimate of drug-likeness (QED) is 0.180. The minimum absolute atomic E-state index is 0. The summed E-state index contributed by atoms with van der Waals surface area (Å²) in [7, 11) is 0. The van der Waals surface area contributed by atoms with E-state index in [0.29, 0.717) is 13.0 Å². The molecule has 2 unspecified atom stereocenters. The zero-order valence-electron chi connectivity index (χ0n) is 13.3. The van der Waals surface area contributed by atoms with E-state index in [2.05, 4.69) is 0 Å². The summed E-state index contributed by atoms with van der Waals surface area (Å²) in [5.41, 5.74) is 20.2. The molecule has 0 aliphatic heterocycles. The fourth-order valence-corrected chi connectivity index (χ4v) is 1.05. The first-order chi connectivity index (χ1) is 9.22. The minimum atomic E-state index is -1.11. The van der Waals surface area contributed by atoms with Crippen LogP contribution in [0.1, 0.15) is 33.5 Å². The molecule has 10 N–H and O–H groups in total. The number of nitrogens with two attached hydrogens (primary N) is 4. The van der Waals surface area contributed by atoms with Crippen LogP contribution in [-0.4, -0.2) is 46.7 Å². The summed E-state index contributed by atoms with van der Waals surface area (Å²) >= 11 is 0. The van der Waals surface area contributed by atoms with E-state index in [-0.39, 0.29) is 43.8 Å². The normalized spacial score (nSPS) is 12.1. The standard InChI is InChI=1S/C6H14N2O2.C5H10N2O3.Na.H/c7-4-2-1-3-5(8)6(9)10;6-3(5(9)10)1-2-4(7)8;;/h5H,1-4,7-8H2,(H,9,10);3H,1-2,6H2,(H2,7,8)(H,9,10);;/q;;+1;-1. The van der Waals surface area contributed by atoms with Gasteiger partial charge in [-0.3, -0.25) is 14.4 Å². The predicted molar refractivity (Wildman–Crippen MR) is 73.7 cm³/mol. The Labute approximate surface area is 147 Å². The molecule has 0 aromatic carbocycles. The molecule has 0 aliphatic rings. The molecule has 0 heterocycles. The first-order valence-electron chi connectivity index (χ1n) is 6.17. The number of carboxylic acid groups (broad SMARTS) is 2. The van der Waals surface area contributed by atoms with Crippen molar-refractivity contribution >= 4 is 17.8 Å². The zero-order chi connectivity index (χ0) is 16.1. The summed E-state index contributed by atoms with van der Waals surface area (Å²) in [6.07, 6.45) is 2.29. The Hall–Kier alpha value is -0.710. The van der Waals surface area contributed by atoms with Crippen LogP contribution in [0.3, 0.4) is 0 Å². The summed E-state index contributed by atoms with van der Waals surface area (Å²) in [5, 5.41) is 16.5. The Balaban J connectivity index is -0.000000135. The van der Waals surface area contributed by atoms with Crippen LogP contribution in [0.15, 0.2) is 0 Å². The Morgan fingerprint density at radius 3 is 1.71 bits per heavy atom. The molecule has 0 fully saturated rings. The second kappa shape index (κ2) is 15.7. The largest absolute Gasteiger partial charge is 1.00 e. The molecule has 0 radical (unpaired) electrons. The summed E-state index contributed by atoms with van der Waals surface area (Å²) < 4.78 is 0. The van der Waals surface area contributed by atoms with Gasteiger partial charge in [-0.2, -0.15) is 0 Å². The Bertz CT molecular complexity index is 323. The van der Waals surface area contributed by atoms with E-state index in [9.17, 15) is 14.4 Å². The number of carbonyl (C=O) groups is 3. The van der Waals surface area contributed by atoms with Crippen molar-refractivity contribution in [1.82, 2.24) is 0 Å². The average Bonchev–Trinajstić information content (AvgIpc) is 2.36. The molecule has 21 heavy (non-hydrogen) atoms. The first kappa shape index (κ1) is 25.3. The predicted octanol–water partition coefficient (Wildman–Crippen LogP) is -4.69. The molecule has 0 rings (SSSR count). The molecular weight excluding hydrogens is 291 g/mol. The van der Waals surface area contributed by atoms with Crippen molar-refractivity contribution in [3.8, 4) is 0 Å². The van der Waals surface area contributed by atoms with Crippen molar-refractivity contribution in [3.63, 3.8) is 0 Å². The van der Waals surface area contributed by atoms with Gasteiger partial charge in [-0.15, -0.1) is 0 Å². The van der Waals surface area contributed by atoms with Crippen molar-refractivity contribution in [2.24, 2.45) is 22.9 Å². The van der Waals surface area contributed by atoms with E-state index in [0.717, 1.165) is 12.8 Å². The van der Waals surface area contributed by atoms with Gasteiger partial charge >= 0.3 is 41.5 Å². The maximum Gasteiger partial charge on any atom is 1.00 e. The van der Waals surface area contributed by atoms with Crippen molar-refractivity contribution in [2.75, 3.05) is 6.54 Å². The van der Waals surface area contributed by atoms with E-state index in [1.54, 1.807) is 0 Å². The van der Waals surface area contributed by atoms with Gasteiger partial charge in [0.1, 0.15) is 12.1 Å². The summed E-state index contributed by atoms with van der Waals surface area (Å²) in [4.78, 5) is 30.3. The topological polar surface area (TPSA) is 196 Å². The van der Waals surface area contributed by atoms with Gasteiger partial charge in [-0.1, -0.05) is 6.42 Å². The average molecular weight is 316 g/mol. The summed E-state index contributed by atoms with van der Waals surface area (Å²) in [5.74, 6) is -2.57. The molecule has 120 valence electrons. The molecule has 0 saturated heterocycles. The molecule has 2 atom stereocenters. The maximum atomic E-state index is 10.1. The molecule has 0 saturated carbocycles. The third-order valence-electron chi connectivity index (χ3n) is 2.31. The number of carbonyl (C=O) groups excluding carboxylic acids is 1. The van der Waals surface area contributed by atoms with Crippen molar-refractivity contribution < 1.29 is 55.6 Å². The van der Waals surface area contributed by atoms with E-state index in [4.69, 9.17) is 33.1 Å². The van der Waals surface area contributed by atoms with Gasteiger partial charge in [0, 0.05) is 6.42 Å².